The van der Waals surface area contributed by atoms with Gasteiger partial charge in [0.05, 0.1) is 19.8 Å². The van der Waals surface area contributed by atoms with Crippen molar-refractivity contribution < 1.29 is 28.6 Å². The normalized spacial score (nSPS) is 25.0. The Kier molecular flexibility index (Phi) is 28.9. The average Bonchev–Trinajstić information content (AvgIpc) is 3.34. The summed E-state index contributed by atoms with van der Waals surface area (Å²) < 4.78 is 19.2. The third kappa shape index (κ3) is 16.7. The second kappa shape index (κ2) is 33.2. The van der Waals surface area contributed by atoms with Crippen molar-refractivity contribution in [2.45, 2.75) is 286 Å². The number of unbranched alkanes of at least 4 members (excludes halogenated alkanes) is 24. The van der Waals surface area contributed by atoms with E-state index in [0.29, 0.717) is 68.7 Å². The Morgan fingerprint density at radius 3 is 1.23 bits per heavy atom. The number of hydrogen-bond donors (Lipinski definition) is 0. The topological polar surface area (TPSA) is 82.1 Å². The first-order chi connectivity index (χ1) is 33.6. The standard InChI is InChI=1S/C62H113NO6/c1-8-14-18-22-26-30-34-39-52(40-35-31-27-23-19-15-9-2)45-56(65)67-48-60-47-54-58(60)59-61(54,49-68-55(64)43-38-44-63(12-5)13-6)51(7)62(59,60)50-69-57(66)46-53(41-36-32-28-24-20-16-10-3)42-37-33-29-25-21-17-11-4/h51-54,58-59H,8-50H2,1-7H3. The van der Waals surface area contributed by atoms with Crippen molar-refractivity contribution in [3.05, 3.63) is 0 Å². The Hall–Kier alpha value is -1.63. The van der Waals surface area contributed by atoms with Crippen LogP contribution in [-0.2, 0) is 28.6 Å². The zero-order valence-electron chi connectivity index (χ0n) is 46.8. The minimum Gasteiger partial charge on any atom is -0.465 e. The number of esters is 3. The minimum absolute atomic E-state index is 0.0194. The molecule has 4 aliphatic rings. The molecular weight excluding hydrogens is 855 g/mol. The molecule has 4 rings (SSSR count). The first-order valence-electron chi connectivity index (χ1n) is 30.8. The van der Waals surface area contributed by atoms with Gasteiger partial charge >= 0.3 is 17.9 Å². The summed E-state index contributed by atoms with van der Waals surface area (Å²) in [6.45, 7) is 20.1. The van der Waals surface area contributed by atoms with Crippen LogP contribution in [0, 0.1) is 51.8 Å². The highest BCUT2D eigenvalue weighted by Gasteiger charge is 3.01. The van der Waals surface area contributed by atoms with Gasteiger partial charge in [-0.3, -0.25) is 14.4 Å². The summed E-state index contributed by atoms with van der Waals surface area (Å²) in [5.74, 6) is 2.23. The second-order valence-corrected chi connectivity index (χ2v) is 23.7. The van der Waals surface area contributed by atoms with E-state index in [1.807, 2.05) is 0 Å². The lowest BCUT2D eigenvalue weighted by Gasteiger charge is -3.01. The van der Waals surface area contributed by atoms with Crippen LogP contribution in [0.25, 0.3) is 0 Å². The molecule has 402 valence electrons. The van der Waals surface area contributed by atoms with Gasteiger partial charge in [0, 0.05) is 35.5 Å². The Morgan fingerprint density at radius 2 is 0.855 bits per heavy atom. The molecule has 7 atom stereocenters. The van der Waals surface area contributed by atoms with E-state index in [9.17, 15) is 14.4 Å². The van der Waals surface area contributed by atoms with E-state index in [1.54, 1.807) is 0 Å². The molecular formula is C62H113NO6. The lowest BCUT2D eigenvalue weighted by Crippen LogP contribution is -3.01. The SMILES string of the molecule is CCCCCCCCCC(CCCCCCCCC)CC(=O)OCC12CC3C1C1C3(COC(=O)CCCN(CC)CC)C(C)C12COC(=O)CC(CCCCCCCCC)CCCCCCCCC. The zero-order valence-corrected chi connectivity index (χ0v) is 46.8. The Morgan fingerprint density at radius 1 is 0.478 bits per heavy atom. The number of hydrogen-bond acceptors (Lipinski definition) is 7. The molecule has 4 saturated carbocycles. The number of fused-ring (bicyclic) bond motifs is 2. The van der Waals surface area contributed by atoms with E-state index < -0.39 is 0 Å². The predicted molar refractivity (Wildman–Crippen MR) is 288 cm³/mol. The summed E-state index contributed by atoms with van der Waals surface area (Å²) >= 11 is 0. The van der Waals surface area contributed by atoms with Crippen molar-refractivity contribution in [3.63, 3.8) is 0 Å². The maximum atomic E-state index is 14.0. The summed E-state index contributed by atoms with van der Waals surface area (Å²) in [6, 6.07) is 0. The molecule has 0 radical (unpaired) electrons. The van der Waals surface area contributed by atoms with Crippen molar-refractivity contribution >= 4 is 17.9 Å². The number of nitrogens with zero attached hydrogens (tertiary/aromatic N) is 1. The molecule has 0 aromatic carbocycles. The molecule has 69 heavy (non-hydrogen) atoms. The van der Waals surface area contributed by atoms with Gasteiger partial charge < -0.3 is 19.1 Å². The van der Waals surface area contributed by atoms with Gasteiger partial charge in [-0.25, -0.2) is 0 Å². The molecule has 7 heteroatoms. The van der Waals surface area contributed by atoms with Crippen molar-refractivity contribution in [2.75, 3.05) is 39.5 Å². The quantitative estimate of drug-likeness (QED) is 0.0341. The van der Waals surface area contributed by atoms with Crippen LogP contribution in [0.4, 0.5) is 0 Å². The summed E-state index contributed by atoms with van der Waals surface area (Å²) in [5.41, 5.74) is -0.375. The lowest BCUT2D eigenvalue weighted by atomic mass is 9.02. The van der Waals surface area contributed by atoms with Gasteiger partial charge in [-0.2, -0.15) is 0 Å². The maximum absolute atomic E-state index is 14.0. The van der Waals surface area contributed by atoms with E-state index >= 15 is 0 Å². The number of carbonyl (C=O) groups is 3. The molecule has 0 amide bonds. The fourth-order valence-electron chi connectivity index (χ4n) is 15.1. The fraction of sp³-hybridized carbons (Fsp3) is 0.952. The monoisotopic (exact) mass is 968 g/mol. The number of ether oxygens (including phenoxy) is 3. The van der Waals surface area contributed by atoms with E-state index in [-0.39, 0.29) is 40.1 Å². The second-order valence-electron chi connectivity index (χ2n) is 23.7. The van der Waals surface area contributed by atoms with Crippen LogP contribution in [0.2, 0.25) is 0 Å². The van der Waals surface area contributed by atoms with Gasteiger partial charge in [-0.15, -0.1) is 0 Å². The molecule has 0 bridgehead atoms. The van der Waals surface area contributed by atoms with Crippen molar-refractivity contribution in [1.82, 2.24) is 4.90 Å². The highest BCUT2D eigenvalue weighted by Crippen LogP contribution is 3.01. The van der Waals surface area contributed by atoms with E-state index in [4.69, 9.17) is 14.2 Å². The Balaban J connectivity index is 1.39. The highest BCUT2D eigenvalue weighted by atomic mass is 16.5. The third-order valence-corrected chi connectivity index (χ3v) is 19.3. The average molecular weight is 969 g/mol. The van der Waals surface area contributed by atoms with Crippen LogP contribution in [0.15, 0.2) is 0 Å². The minimum atomic E-state index is -0.209. The van der Waals surface area contributed by atoms with Gasteiger partial charge in [0.1, 0.15) is 0 Å². The van der Waals surface area contributed by atoms with Crippen molar-refractivity contribution in [3.8, 4) is 0 Å². The molecule has 0 heterocycles. The molecule has 0 saturated heterocycles. The number of carbonyl (C=O) groups excluding carboxylic acids is 3. The molecule has 7 nitrogen and oxygen atoms in total. The molecule has 7 unspecified atom stereocenters. The summed E-state index contributed by atoms with van der Waals surface area (Å²) in [7, 11) is 0. The van der Waals surface area contributed by atoms with Crippen LogP contribution >= 0.6 is 0 Å². The molecule has 0 aromatic heterocycles. The third-order valence-electron chi connectivity index (χ3n) is 19.3. The Bertz CT molecular complexity index is 1350. The predicted octanol–water partition coefficient (Wildman–Crippen LogP) is 17.2. The molecule has 4 aliphatic carbocycles. The van der Waals surface area contributed by atoms with Crippen LogP contribution in [0.5, 0.6) is 0 Å². The first-order valence-corrected chi connectivity index (χ1v) is 30.8. The zero-order chi connectivity index (χ0) is 49.8. The molecule has 0 aromatic rings. The first kappa shape index (κ1) is 59.9. The van der Waals surface area contributed by atoms with Gasteiger partial charge in [0.2, 0.25) is 0 Å². The fourth-order valence-corrected chi connectivity index (χ4v) is 15.1. The lowest BCUT2D eigenvalue weighted by molar-refractivity contribution is -0.566. The van der Waals surface area contributed by atoms with Gasteiger partial charge in [-0.1, -0.05) is 228 Å². The van der Waals surface area contributed by atoms with Crippen LogP contribution < -0.4 is 0 Å². The summed E-state index contributed by atoms with van der Waals surface area (Å²) in [4.78, 5) is 43.5. The molecule has 0 N–H and O–H groups in total. The van der Waals surface area contributed by atoms with E-state index in [2.05, 4.69) is 53.4 Å². The number of rotatable bonds is 48. The van der Waals surface area contributed by atoms with Crippen LogP contribution in [0.3, 0.4) is 0 Å². The van der Waals surface area contributed by atoms with E-state index in [1.165, 1.54) is 180 Å². The van der Waals surface area contributed by atoms with Gasteiger partial charge in [0.15, 0.2) is 0 Å². The van der Waals surface area contributed by atoms with Gasteiger partial charge in [-0.05, 0) is 93.7 Å². The molecule has 0 aliphatic heterocycles. The van der Waals surface area contributed by atoms with Crippen molar-refractivity contribution in [2.24, 2.45) is 51.8 Å². The van der Waals surface area contributed by atoms with Gasteiger partial charge in [0.25, 0.3) is 0 Å². The van der Waals surface area contributed by atoms with Crippen LogP contribution in [-0.4, -0.2) is 62.3 Å². The highest BCUT2D eigenvalue weighted by molar-refractivity contribution is 5.71. The van der Waals surface area contributed by atoms with E-state index in [0.717, 1.165) is 58.2 Å². The van der Waals surface area contributed by atoms with Crippen molar-refractivity contribution in [1.29, 1.82) is 0 Å². The summed E-state index contributed by atoms with van der Waals surface area (Å²) in [5, 5.41) is 0. The summed E-state index contributed by atoms with van der Waals surface area (Å²) in [6.07, 6.45) is 44.1. The smallest absolute Gasteiger partial charge is 0.306 e. The molecule has 4 fully saturated rings. The Labute approximate surface area is 427 Å². The maximum Gasteiger partial charge on any atom is 0.306 e. The molecule has 0 spiro atoms. The van der Waals surface area contributed by atoms with Crippen LogP contribution in [0.1, 0.15) is 286 Å². The largest absolute Gasteiger partial charge is 0.465 e.